The molecule has 1 aliphatic rings. The van der Waals surface area contributed by atoms with Crippen molar-refractivity contribution in [3.63, 3.8) is 0 Å². The fourth-order valence-electron chi connectivity index (χ4n) is 2.34. The van der Waals surface area contributed by atoms with E-state index in [1.54, 1.807) is 6.92 Å². The van der Waals surface area contributed by atoms with Crippen molar-refractivity contribution in [2.45, 2.75) is 25.8 Å². The predicted octanol–water partition coefficient (Wildman–Crippen LogP) is 2.32. The van der Waals surface area contributed by atoms with Crippen LogP contribution in [0.1, 0.15) is 31.4 Å². The van der Waals surface area contributed by atoms with Gasteiger partial charge in [-0.15, -0.1) is 0 Å². The third-order valence-corrected chi connectivity index (χ3v) is 3.14. The Balaban J connectivity index is 2.22. The second-order valence-electron chi connectivity index (χ2n) is 4.20. The van der Waals surface area contributed by atoms with Crippen LogP contribution in [0.25, 0.3) is 0 Å². The van der Waals surface area contributed by atoms with Gasteiger partial charge in [-0.3, -0.25) is 4.79 Å². The molecule has 0 aromatic heterocycles. The molecule has 2 nitrogen and oxygen atoms in total. The molecule has 0 spiro atoms. The smallest absolute Gasteiger partial charge is 0.134 e. The Morgan fingerprint density at radius 2 is 2.07 bits per heavy atom. The maximum atomic E-state index is 11.5. The summed E-state index contributed by atoms with van der Waals surface area (Å²) in [6.45, 7) is 2.72. The number of carbonyl (C=O) groups is 1. The van der Waals surface area contributed by atoms with E-state index in [9.17, 15) is 4.79 Å². The second-order valence-corrected chi connectivity index (χ2v) is 4.20. The third-order valence-electron chi connectivity index (χ3n) is 3.14. The van der Waals surface area contributed by atoms with Crippen LogP contribution in [-0.4, -0.2) is 12.3 Å². The Morgan fingerprint density at radius 3 is 2.73 bits per heavy atom. The fourth-order valence-corrected chi connectivity index (χ4v) is 2.34. The number of carbonyl (C=O) groups excluding carboxylic acids is 1. The third kappa shape index (κ3) is 2.26. The lowest BCUT2D eigenvalue weighted by Crippen LogP contribution is -2.37. The zero-order valence-corrected chi connectivity index (χ0v) is 9.07. The van der Waals surface area contributed by atoms with Gasteiger partial charge in [0.1, 0.15) is 5.78 Å². The minimum Gasteiger partial charge on any atom is -0.309 e. The summed E-state index contributed by atoms with van der Waals surface area (Å²) < 4.78 is 0. The summed E-state index contributed by atoms with van der Waals surface area (Å²) in [7, 11) is 0. The SMILES string of the molecule is CC(=O)C1CCCNC1c1ccccc1. The average molecular weight is 203 g/mol. The Morgan fingerprint density at radius 1 is 1.33 bits per heavy atom. The van der Waals surface area contributed by atoms with Gasteiger partial charge in [-0.25, -0.2) is 0 Å². The molecule has 15 heavy (non-hydrogen) atoms. The Hall–Kier alpha value is -1.15. The van der Waals surface area contributed by atoms with Crippen LogP contribution in [0.5, 0.6) is 0 Å². The van der Waals surface area contributed by atoms with Gasteiger partial charge in [0, 0.05) is 12.0 Å². The van der Waals surface area contributed by atoms with Crippen LogP contribution in [0.15, 0.2) is 30.3 Å². The molecule has 1 aromatic carbocycles. The molecule has 1 heterocycles. The second kappa shape index (κ2) is 4.58. The van der Waals surface area contributed by atoms with E-state index >= 15 is 0 Å². The van der Waals surface area contributed by atoms with Crippen molar-refractivity contribution in [3.8, 4) is 0 Å². The molecule has 1 fully saturated rings. The molecule has 1 aromatic rings. The quantitative estimate of drug-likeness (QED) is 0.799. The Bertz CT molecular complexity index is 334. The van der Waals surface area contributed by atoms with E-state index in [2.05, 4.69) is 17.4 Å². The van der Waals surface area contributed by atoms with Gasteiger partial charge in [-0.2, -0.15) is 0 Å². The van der Waals surface area contributed by atoms with Crippen LogP contribution in [0, 0.1) is 5.92 Å². The molecule has 80 valence electrons. The van der Waals surface area contributed by atoms with Crippen molar-refractivity contribution < 1.29 is 4.79 Å². The zero-order chi connectivity index (χ0) is 10.7. The zero-order valence-electron chi connectivity index (χ0n) is 9.07. The summed E-state index contributed by atoms with van der Waals surface area (Å²) in [5.74, 6) is 0.456. The van der Waals surface area contributed by atoms with Crippen molar-refractivity contribution in [1.29, 1.82) is 0 Å². The molecule has 1 N–H and O–H groups in total. The van der Waals surface area contributed by atoms with E-state index in [4.69, 9.17) is 0 Å². The average Bonchev–Trinajstić information content (AvgIpc) is 2.30. The molecule has 0 amide bonds. The highest BCUT2D eigenvalue weighted by Crippen LogP contribution is 2.29. The monoisotopic (exact) mass is 203 g/mol. The summed E-state index contributed by atoms with van der Waals surface area (Å²) >= 11 is 0. The molecule has 0 bridgehead atoms. The number of piperidine rings is 1. The molecule has 2 heteroatoms. The lowest BCUT2D eigenvalue weighted by Gasteiger charge is -2.31. The van der Waals surface area contributed by atoms with E-state index in [-0.39, 0.29) is 12.0 Å². The largest absolute Gasteiger partial charge is 0.309 e. The number of Topliss-reactive ketones (excluding diaryl/α,β-unsaturated/α-hetero) is 1. The van der Waals surface area contributed by atoms with Crippen LogP contribution in [0.4, 0.5) is 0 Å². The normalized spacial score (nSPS) is 26.2. The highest BCUT2D eigenvalue weighted by molar-refractivity contribution is 5.79. The lowest BCUT2D eigenvalue weighted by atomic mass is 9.84. The number of hydrogen-bond acceptors (Lipinski definition) is 2. The summed E-state index contributed by atoms with van der Waals surface area (Å²) in [6, 6.07) is 10.5. The molecule has 1 saturated heterocycles. The van der Waals surface area contributed by atoms with Gasteiger partial charge in [-0.05, 0) is 31.9 Å². The highest BCUT2D eigenvalue weighted by atomic mass is 16.1. The van der Waals surface area contributed by atoms with E-state index in [1.807, 2.05) is 18.2 Å². The maximum Gasteiger partial charge on any atom is 0.134 e. The number of rotatable bonds is 2. The van der Waals surface area contributed by atoms with Crippen LogP contribution in [-0.2, 0) is 4.79 Å². The summed E-state index contributed by atoms with van der Waals surface area (Å²) in [5.41, 5.74) is 1.23. The molecular weight excluding hydrogens is 186 g/mol. The number of ketones is 1. The van der Waals surface area contributed by atoms with Crippen molar-refractivity contribution in [2.75, 3.05) is 6.54 Å². The van der Waals surface area contributed by atoms with E-state index in [0.717, 1.165) is 19.4 Å². The van der Waals surface area contributed by atoms with Gasteiger partial charge in [0.2, 0.25) is 0 Å². The predicted molar refractivity (Wildman–Crippen MR) is 60.6 cm³/mol. The molecule has 0 saturated carbocycles. The van der Waals surface area contributed by atoms with Crippen LogP contribution >= 0.6 is 0 Å². The van der Waals surface area contributed by atoms with Crippen LogP contribution in [0.3, 0.4) is 0 Å². The van der Waals surface area contributed by atoms with Gasteiger partial charge in [-0.1, -0.05) is 30.3 Å². The van der Waals surface area contributed by atoms with Gasteiger partial charge < -0.3 is 5.32 Å². The van der Waals surface area contributed by atoms with Gasteiger partial charge in [0.15, 0.2) is 0 Å². The van der Waals surface area contributed by atoms with E-state index in [1.165, 1.54) is 5.56 Å². The molecule has 0 aliphatic carbocycles. The van der Waals surface area contributed by atoms with Crippen LogP contribution < -0.4 is 5.32 Å². The van der Waals surface area contributed by atoms with Crippen molar-refractivity contribution >= 4 is 5.78 Å². The first-order chi connectivity index (χ1) is 7.29. The first-order valence-electron chi connectivity index (χ1n) is 5.58. The molecule has 1 aliphatic heterocycles. The molecular formula is C13H17NO. The van der Waals surface area contributed by atoms with Crippen molar-refractivity contribution in [3.05, 3.63) is 35.9 Å². The van der Waals surface area contributed by atoms with Crippen molar-refractivity contribution in [2.24, 2.45) is 5.92 Å². The highest BCUT2D eigenvalue weighted by Gasteiger charge is 2.28. The summed E-state index contributed by atoms with van der Waals surface area (Å²) in [5, 5.41) is 3.45. The maximum absolute atomic E-state index is 11.5. The van der Waals surface area contributed by atoms with E-state index < -0.39 is 0 Å². The first kappa shape index (κ1) is 10.4. The summed E-state index contributed by atoms with van der Waals surface area (Å²) in [4.78, 5) is 11.5. The van der Waals surface area contributed by atoms with Gasteiger partial charge in [0.05, 0.1) is 0 Å². The number of benzene rings is 1. The Kier molecular flexibility index (Phi) is 3.17. The summed E-state index contributed by atoms with van der Waals surface area (Å²) in [6.07, 6.45) is 2.12. The van der Waals surface area contributed by atoms with Crippen molar-refractivity contribution in [1.82, 2.24) is 5.32 Å². The van der Waals surface area contributed by atoms with Gasteiger partial charge in [0.25, 0.3) is 0 Å². The van der Waals surface area contributed by atoms with Gasteiger partial charge >= 0.3 is 0 Å². The minimum atomic E-state index is 0.154. The van der Waals surface area contributed by atoms with Crippen LogP contribution in [0.2, 0.25) is 0 Å². The fraction of sp³-hybridized carbons (Fsp3) is 0.462. The molecule has 2 unspecified atom stereocenters. The molecule has 2 atom stereocenters. The minimum absolute atomic E-state index is 0.154. The molecule has 2 rings (SSSR count). The number of nitrogens with one attached hydrogen (secondary N) is 1. The number of hydrogen-bond donors (Lipinski definition) is 1. The standard InChI is InChI=1S/C13H17NO/c1-10(15)12-8-5-9-14-13(12)11-6-3-2-4-7-11/h2-4,6-7,12-14H,5,8-9H2,1H3. The molecule has 0 radical (unpaired) electrons. The Labute approximate surface area is 90.7 Å². The lowest BCUT2D eigenvalue weighted by molar-refractivity contribution is -0.122. The topological polar surface area (TPSA) is 29.1 Å². The first-order valence-corrected chi connectivity index (χ1v) is 5.58. The van der Waals surface area contributed by atoms with E-state index in [0.29, 0.717) is 5.78 Å².